The molecule has 1 aromatic rings. The highest BCUT2D eigenvalue weighted by Crippen LogP contribution is 2.16. The first-order valence-electron chi connectivity index (χ1n) is 4.26. The lowest BCUT2D eigenvalue weighted by Gasteiger charge is -2.07. The number of rotatable bonds is 2. The van der Waals surface area contributed by atoms with Crippen LogP contribution in [0, 0.1) is 18.2 Å². The Morgan fingerprint density at radius 1 is 1.67 bits per heavy atom. The maximum atomic E-state index is 12.9. The fraction of sp³-hybridized carbons (Fsp3) is 0.182. The predicted molar refractivity (Wildman–Crippen MR) is 59.9 cm³/mol. The largest absolute Gasteiger partial charge is 0.339 e. The molecule has 78 valence electrons. The van der Waals surface area contributed by atoms with E-state index >= 15 is 0 Å². The summed E-state index contributed by atoms with van der Waals surface area (Å²) < 4.78 is 13.1. The van der Waals surface area contributed by atoms with E-state index in [4.69, 9.17) is 6.42 Å². The van der Waals surface area contributed by atoms with Gasteiger partial charge in [-0.15, -0.1) is 6.42 Å². The molecular formula is C11H9BrFNO. The standard InChI is InChI=1S/C11H9BrFNO/c1-3-7(2)14-11(15)8-4-5-10(13)9(12)6-8/h1,4-7H,2H3,(H,14,15). The fourth-order valence-corrected chi connectivity index (χ4v) is 1.34. The van der Waals surface area contributed by atoms with E-state index in [2.05, 4.69) is 27.2 Å². The number of amides is 1. The van der Waals surface area contributed by atoms with Crippen molar-refractivity contribution in [2.24, 2.45) is 0 Å². The molecule has 0 heterocycles. The first-order chi connectivity index (χ1) is 7.04. The van der Waals surface area contributed by atoms with Crippen molar-refractivity contribution in [1.29, 1.82) is 0 Å². The van der Waals surface area contributed by atoms with E-state index in [0.29, 0.717) is 5.56 Å². The molecule has 2 nitrogen and oxygen atoms in total. The van der Waals surface area contributed by atoms with Gasteiger partial charge in [0.2, 0.25) is 0 Å². The van der Waals surface area contributed by atoms with Crippen molar-refractivity contribution < 1.29 is 9.18 Å². The van der Waals surface area contributed by atoms with Gasteiger partial charge in [-0.05, 0) is 41.1 Å². The van der Waals surface area contributed by atoms with Crippen molar-refractivity contribution in [3.05, 3.63) is 34.1 Å². The highest BCUT2D eigenvalue weighted by Gasteiger charge is 2.09. The SMILES string of the molecule is C#CC(C)NC(=O)c1ccc(F)c(Br)c1. The molecular weight excluding hydrogens is 261 g/mol. The third-order valence-electron chi connectivity index (χ3n) is 1.78. The van der Waals surface area contributed by atoms with Gasteiger partial charge in [0.05, 0.1) is 10.5 Å². The van der Waals surface area contributed by atoms with E-state index < -0.39 is 5.82 Å². The maximum absolute atomic E-state index is 12.9. The summed E-state index contributed by atoms with van der Waals surface area (Å²) in [6.07, 6.45) is 5.12. The van der Waals surface area contributed by atoms with Crippen LogP contribution in [0.3, 0.4) is 0 Å². The lowest BCUT2D eigenvalue weighted by Crippen LogP contribution is -2.31. The van der Waals surface area contributed by atoms with Crippen LogP contribution in [0.1, 0.15) is 17.3 Å². The number of nitrogens with one attached hydrogen (secondary N) is 1. The van der Waals surface area contributed by atoms with Gasteiger partial charge in [0.15, 0.2) is 0 Å². The van der Waals surface area contributed by atoms with Crippen LogP contribution in [-0.2, 0) is 0 Å². The lowest BCUT2D eigenvalue weighted by molar-refractivity contribution is 0.0948. The Bertz CT molecular complexity index is 425. The Hall–Kier alpha value is -1.34. The van der Waals surface area contributed by atoms with Gasteiger partial charge < -0.3 is 5.32 Å². The van der Waals surface area contributed by atoms with Crippen molar-refractivity contribution >= 4 is 21.8 Å². The molecule has 0 spiro atoms. The van der Waals surface area contributed by atoms with Crippen LogP contribution < -0.4 is 5.32 Å². The van der Waals surface area contributed by atoms with Crippen LogP contribution in [0.4, 0.5) is 4.39 Å². The van der Waals surface area contributed by atoms with Crippen molar-refractivity contribution in [3.8, 4) is 12.3 Å². The van der Waals surface area contributed by atoms with Gasteiger partial charge >= 0.3 is 0 Å². The molecule has 0 saturated carbocycles. The first-order valence-corrected chi connectivity index (χ1v) is 5.06. The molecule has 0 aliphatic rings. The Labute approximate surface area is 96.0 Å². The van der Waals surface area contributed by atoms with Gasteiger partial charge in [0.25, 0.3) is 5.91 Å². The number of hydrogen-bond acceptors (Lipinski definition) is 1. The number of carbonyl (C=O) groups excluding carboxylic acids is 1. The smallest absolute Gasteiger partial charge is 0.252 e. The third kappa shape index (κ3) is 3.07. The number of halogens is 2. The van der Waals surface area contributed by atoms with Crippen LogP contribution in [0.15, 0.2) is 22.7 Å². The van der Waals surface area contributed by atoms with Crippen LogP contribution in [-0.4, -0.2) is 11.9 Å². The summed E-state index contributed by atoms with van der Waals surface area (Å²) in [5, 5.41) is 2.57. The predicted octanol–water partition coefficient (Wildman–Crippen LogP) is 2.34. The molecule has 1 atom stereocenters. The second kappa shape index (κ2) is 4.94. The summed E-state index contributed by atoms with van der Waals surface area (Å²) in [5.41, 5.74) is 0.366. The van der Waals surface area contributed by atoms with Gasteiger partial charge in [-0.2, -0.15) is 0 Å². The average molecular weight is 270 g/mol. The quantitative estimate of drug-likeness (QED) is 0.821. The second-order valence-electron chi connectivity index (χ2n) is 2.99. The van der Waals surface area contributed by atoms with Crippen molar-refractivity contribution in [2.45, 2.75) is 13.0 Å². The Kier molecular flexibility index (Phi) is 3.87. The Morgan fingerprint density at radius 3 is 2.87 bits per heavy atom. The number of terminal acetylenes is 1. The average Bonchev–Trinajstić information content (AvgIpc) is 2.21. The van der Waals surface area contributed by atoms with E-state index in [1.165, 1.54) is 18.2 Å². The van der Waals surface area contributed by atoms with Crippen LogP contribution in [0.5, 0.6) is 0 Å². The van der Waals surface area contributed by atoms with Crippen LogP contribution in [0.2, 0.25) is 0 Å². The molecule has 0 radical (unpaired) electrons. The van der Waals surface area contributed by atoms with E-state index in [9.17, 15) is 9.18 Å². The van der Waals surface area contributed by atoms with Gasteiger partial charge in [0, 0.05) is 5.56 Å². The van der Waals surface area contributed by atoms with Gasteiger partial charge in [-0.25, -0.2) is 4.39 Å². The first kappa shape index (κ1) is 11.7. The molecule has 1 rings (SSSR count). The van der Waals surface area contributed by atoms with Crippen LogP contribution in [0.25, 0.3) is 0 Å². The highest BCUT2D eigenvalue weighted by atomic mass is 79.9. The minimum atomic E-state index is -0.406. The highest BCUT2D eigenvalue weighted by molar-refractivity contribution is 9.10. The van der Waals surface area contributed by atoms with Crippen LogP contribution >= 0.6 is 15.9 Å². The summed E-state index contributed by atoms with van der Waals surface area (Å²) >= 11 is 3.00. The molecule has 4 heteroatoms. The van der Waals surface area contributed by atoms with Crippen molar-refractivity contribution in [1.82, 2.24) is 5.32 Å². The maximum Gasteiger partial charge on any atom is 0.252 e. The Balaban J connectivity index is 2.84. The van der Waals surface area contributed by atoms with E-state index in [1.54, 1.807) is 6.92 Å². The molecule has 1 amide bonds. The molecule has 0 saturated heterocycles. The minimum absolute atomic E-state index is 0.253. The van der Waals surface area contributed by atoms with Gasteiger partial charge in [-0.3, -0.25) is 4.79 Å². The van der Waals surface area contributed by atoms with Gasteiger partial charge in [-0.1, -0.05) is 5.92 Å². The zero-order valence-electron chi connectivity index (χ0n) is 8.05. The third-order valence-corrected chi connectivity index (χ3v) is 2.39. The molecule has 1 unspecified atom stereocenters. The van der Waals surface area contributed by atoms with Crippen molar-refractivity contribution in [3.63, 3.8) is 0 Å². The molecule has 0 aliphatic heterocycles. The molecule has 0 aromatic heterocycles. The zero-order chi connectivity index (χ0) is 11.4. The monoisotopic (exact) mass is 269 g/mol. The Morgan fingerprint density at radius 2 is 2.33 bits per heavy atom. The van der Waals surface area contributed by atoms with Crippen molar-refractivity contribution in [2.75, 3.05) is 0 Å². The van der Waals surface area contributed by atoms with Gasteiger partial charge in [0.1, 0.15) is 5.82 Å². The fourth-order valence-electron chi connectivity index (χ4n) is 0.959. The molecule has 0 fully saturated rings. The van der Waals surface area contributed by atoms with E-state index in [1.807, 2.05) is 0 Å². The van der Waals surface area contributed by atoms with E-state index in [-0.39, 0.29) is 16.4 Å². The minimum Gasteiger partial charge on any atom is -0.339 e. The molecule has 1 N–H and O–H groups in total. The lowest BCUT2D eigenvalue weighted by atomic mass is 10.2. The molecule has 1 aromatic carbocycles. The summed E-state index contributed by atoms with van der Waals surface area (Å²) in [6.45, 7) is 1.69. The molecule has 15 heavy (non-hydrogen) atoms. The number of benzene rings is 1. The topological polar surface area (TPSA) is 29.1 Å². The summed E-state index contributed by atoms with van der Waals surface area (Å²) in [6, 6.07) is 3.69. The van der Waals surface area contributed by atoms with E-state index in [0.717, 1.165) is 0 Å². The summed E-state index contributed by atoms with van der Waals surface area (Å²) in [7, 11) is 0. The number of hydrogen-bond donors (Lipinski definition) is 1. The zero-order valence-corrected chi connectivity index (χ0v) is 9.64. The molecule has 0 bridgehead atoms. The number of carbonyl (C=O) groups is 1. The normalized spacial score (nSPS) is 11.6. The summed E-state index contributed by atoms with van der Waals surface area (Å²) in [4.78, 5) is 11.5. The summed E-state index contributed by atoms with van der Waals surface area (Å²) in [5.74, 6) is 1.65. The second-order valence-corrected chi connectivity index (χ2v) is 3.85. The molecule has 0 aliphatic carbocycles.